The van der Waals surface area contributed by atoms with E-state index in [9.17, 15) is 4.79 Å². The molecule has 4 nitrogen and oxygen atoms in total. The summed E-state index contributed by atoms with van der Waals surface area (Å²) in [5.41, 5.74) is 1.45. The Bertz CT molecular complexity index is 736. The molecule has 3 rings (SSSR count). The van der Waals surface area contributed by atoms with Gasteiger partial charge in [-0.2, -0.15) is 0 Å². The van der Waals surface area contributed by atoms with Gasteiger partial charge in [-0.05, 0) is 45.8 Å². The minimum absolute atomic E-state index is 0.152. The number of ether oxygens (including phenoxy) is 2. The van der Waals surface area contributed by atoms with Crippen LogP contribution in [0.1, 0.15) is 22.3 Å². The molecule has 1 N–H and O–H groups in total. The Kier molecular flexibility index (Phi) is 5.08. The Hall–Kier alpha value is -1.72. The predicted molar refractivity (Wildman–Crippen MR) is 92.4 cm³/mol. The van der Waals surface area contributed by atoms with Gasteiger partial charge in [0.1, 0.15) is 0 Å². The van der Waals surface area contributed by atoms with Crippen molar-refractivity contribution in [3.8, 4) is 11.5 Å². The fourth-order valence-corrected chi connectivity index (χ4v) is 3.06. The van der Waals surface area contributed by atoms with Crippen molar-refractivity contribution in [2.45, 2.75) is 13.0 Å². The number of amides is 1. The lowest BCUT2D eigenvalue weighted by atomic mass is 10.1. The Morgan fingerprint density at radius 3 is 2.83 bits per heavy atom. The topological polar surface area (TPSA) is 47.6 Å². The molecule has 1 aliphatic rings. The monoisotopic (exact) mass is 395 g/mol. The Labute approximate surface area is 147 Å². The summed E-state index contributed by atoms with van der Waals surface area (Å²) >= 11 is 9.63. The van der Waals surface area contributed by atoms with E-state index in [2.05, 4.69) is 21.2 Å². The molecule has 23 heavy (non-hydrogen) atoms. The van der Waals surface area contributed by atoms with Gasteiger partial charge in [-0.3, -0.25) is 4.79 Å². The maximum absolute atomic E-state index is 12.2. The number of carbonyl (C=O) groups excluding carboxylic acids is 1. The molecule has 0 radical (unpaired) electrons. The van der Waals surface area contributed by atoms with Crippen molar-refractivity contribution in [2.24, 2.45) is 0 Å². The third-order valence-corrected chi connectivity index (χ3v) is 4.41. The van der Waals surface area contributed by atoms with Gasteiger partial charge in [0.2, 0.25) is 0 Å². The average Bonchev–Trinajstić information content (AvgIpc) is 2.79. The van der Waals surface area contributed by atoms with Crippen LogP contribution in [0.3, 0.4) is 0 Å². The van der Waals surface area contributed by atoms with Gasteiger partial charge in [-0.15, -0.1) is 0 Å². The normalized spacial score (nSPS) is 13.3. The summed E-state index contributed by atoms with van der Waals surface area (Å²) in [7, 11) is 0. The molecule has 0 aliphatic carbocycles. The van der Waals surface area contributed by atoms with Crippen molar-refractivity contribution in [1.29, 1.82) is 0 Å². The van der Waals surface area contributed by atoms with Crippen LogP contribution in [0, 0.1) is 0 Å². The Morgan fingerprint density at radius 2 is 2.00 bits per heavy atom. The van der Waals surface area contributed by atoms with E-state index in [0.29, 0.717) is 41.8 Å². The summed E-state index contributed by atoms with van der Waals surface area (Å²) in [5, 5.41) is 3.38. The molecule has 0 aromatic heterocycles. The largest absolute Gasteiger partial charge is 0.489 e. The van der Waals surface area contributed by atoms with Gasteiger partial charge in [0.05, 0.1) is 23.8 Å². The Balaban J connectivity index is 1.74. The van der Waals surface area contributed by atoms with Crippen molar-refractivity contribution in [1.82, 2.24) is 5.32 Å². The number of nitrogens with one attached hydrogen (secondary N) is 1. The van der Waals surface area contributed by atoms with Gasteiger partial charge in [0.25, 0.3) is 5.91 Å². The fraction of sp³-hybridized carbons (Fsp3) is 0.235. The maximum atomic E-state index is 12.2. The van der Waals surface area contributed by atoms with E-state index in [4.69, 9.17) is 21.1 Å². The lowest BCUT2D eigenvalue weighted by Gasteiger charge is -2.12. The second-order valence-corrected chi connectivity index (χ2v) is 6.38. The van der Waals surface area contributed by atoms with Crippen LogP contribution in [0.25, 0.3) is 0 Å². The van der Waals surface area contributed by atoms with Crippen LogP contribution in [0.5, 0.6) is 11.5 Å². The number of carbonyl (C=O) groups is 1. The quantitative estimate of drug-likeness (QED) is 0.846. The first kappa shape index (κ1) is 16.1. The summed E-state index contributed by atoms with van der Waals surface area (Å²) < 4.78 is 12.0. The van der Waals surface area contributed by atoms with Crippen molar-refractivity contribution in [3.63, 3.8) is 0 Å². The van der Waals surface area contributed by atoms with Crippen molar-refractivity contribution in [2.75, 3.05) is 13.2 Å². The molecular formula is C17H15BrClNO3. The molecular weight excluding hydrogens is 382 g/mol. The molecule has 1 aliphatic heterocycles. The van der Waals surface area contributed by atoms with Crippen LogP contribution in [0.15, 0.2) is 40.9 Å². The molecule has 1 amide bonds. The Morgan fingerprint density at radius 1 is 1.22 bits per heavy atom. The third kappa shape index (κ3) is 3.79. The van der Waals surface area contributed by atoms with Gasteiger partial charge in [-0.1, -0.05) is 23.7 Å². The first-order chi connectivity index (χ1) is 11.1. The first-order valence-electron chi connectivity index (χ1n) is 7.26. The van der Waals surface area contributed by atoms with Crippen molar-refractivity contribution >= 4 is 33.4 Å². The van der Waals surface area contributed by atoms with Gasteiger partial charge in [0.15, 0.2) is 11.5 Å². The minimum atomic E-state index is -0.152. The molecule has 0 fully saturated rings. The molecule has 0 unspecified atom stereocenters. The average molecular weight is 397 g/mol. The standard InChI is InChI=1S/C17H15BrClNO3/c18-13-5-2-1-4-12(13)17(21)20-10-11-8-14(19)16-15(9-11)22-6-3-7-23-16/h1-2,4-5,8-9H,3,6-7,10H2,(H,20,21). The lowest BCUT2D eigenvalue weighted by Crippen LogP contribution is -2.23. The zero-order valence-electron chi connectivity index (χ0n) is 12.3. The summed E-state index contributed by atoms with van der Waals surface area (Å²) in [6.45, 7) is 1.54. The summed E-state index contributed by atoms with van der Waals surface area (Å²) in [6, 6.07) is 10.9. The minimum Gasteiger partial charge on any atom is -0.489 e. The molecule has 0 spiro atoms. The highest BCUT2D eigenvalue weighted by atomic mass is 79.9. The SMILES string of the molecule is O=C(NCc1cc(Cl)c2c(c1)OCCCO2)c1ccccc1Br. The summed E-state index contributed by atoms with van der Waals surface area (Å²) in [5.74, 6) is 1.05. The number of fused-ring (bicyclic) bond motifs is 1. The number of rotatable bonds is 3. The zero-order chi connectivity index (χ0) is 16.2. The van der Waals surface area contributed by atoms with Crippen LogP contribution < -0.4 is 14.8 Å². The highest BCUT2D eigenvalue weighted by molar-refractivity contribution is 9.10. The number of benzene rings is 2. The zero-order valence-corrected chi connectivity index (χ0v) is 14.6. The highest BCUT2D eigenvalue weighted by Gasteiger charge is 2.16. The molecule has 2 aromatic rings. The van der Waals surface area contributed by atoms with Gasteiger partial charge in [-0.25, -0.2) is 0 Å². The van der Waals surface area contributed by atoms with Gasteiger partial charge in [0, 0.05) is 17.4 Å². The molecule has 1 heterocycles. The number of hydrogen-bond donors (Lipinski definition) is 1. The van der Waals surface area contributed by atoms with E-state index in [1.54, 1.807) is 12.1 Å². The summed E-state index contributed by atoms with van der Waals surface area (Å²) in [6.07, 6.45) is 0.819. The second-order valence-electron chi connectivity index (χ2n) is 5.12. The predicted octanol–water partition coefficient (Wildman–Crippen LogP) is 4.19. The molecule has 120 valence electrons. The van der Waals surface area contributed by atoms with E-state index >= 15 is 0 Å². The molecule has 0 saturated carbocycles. The number of halogens is 2. The third-order valence-electron chi connectivity index (χ3n) is 3.43. The van der Waals surface area contributed by atoms with Gasteiger partial charge >= 0.3 is 0 Å². The lowest BCUT2D eigenvalue weighted by molar-refractivity contribution is 0.0950. The molecule has 0 atom stereocenters. The van der Waals surface area contributed by atoms with E-state index in [-0.39, 0.29) is 5.91 Å². The molecule has 2 aromatic carbocycles. The van der Waals surface area contributed by atoms with Crippen LogP contribution in [-0.2, 0) is 6.54 Å². The van der Waals surface area contributed by atoms with Crippen LogP contribution in [0.4, 0.5) is 0 Å². The highest BCUT2D eigenvalue weighted by Crippen LogP contribution is 2.37. The van der Waals surface area contributed by atoms with E-state index in [0.717, 1.165) is 16.5 Å². The van der Waals surface area contributed by atoms with Crippen LogP contribution in [-0.4, -0.2) is 19.1 Å². The van der Waals surface area contributed by atoms with Crippen LogP contribution >= 0.6 is 27.5 Å². The second kappa shape index (κ2) is 7.23. The van der Waals surface area contributed by atoms with E-state index in [1.807, 2.05) is 24.3 Å². The van der Waals surface area contributed by atoms with Gasteiger partial charge < -0.3 is 14.8 Å². The first-order valence-corrected chi connectivity index (χ1v) is 8.43. The van der Waals surface area contributed by atoms with Crippen molar-refractivity contribution < 1.29 is 14.3 Å². The van der Waals surface area contributed by atoms with E-state index in [1.165, 1.54) is 0 Å². The van der Waals surface area contributed by atoms with E-state index < -0.39 is 0 Å². The molecule has 0 bridgehead atoms. The number of hydrogen-bond acceptors (Lipinski definition) is 3. The summed E-state index contributed by atoms with van der Waals surface area (Å²) in [4.78, 5) is 12.2. The molecule has 6 heteroatoms. The maximum Gasteiger partial charge on any atom is 0.252 e. The van der Waals surface area contributed by atoms with Crippen molar-refractivity contribution in [3.05, 3.63) is 57.0 Å². The molecule has 0 saturated heterocycles. The van der Waals surface area contributed by atoms with Crippen LogP contribution in [0.2, 0.25) is 5.02 Å². The smallest absolute Gasteiger partial charge is 0.252 e. The fourth-order valence-electron chi connectivity index (χ4n) is 2.31.